The topological polar surface area (TPSA) is 46.2 Å². The van der Waals surface area contributed by atoms with Crippen molar-refractivity contribution in [3.05, 3.63) is 0 Å². The van der Waals surface area contributed by atoms with Crippen LogP contribution >= 0.6 is 0 Å². The first-order valence-electron chi connectivity index (χ1n) is 6.15. The minimum atomic E-state index is -1.63. The summed E-state index contributed by atoms with van der Waals surface area (Å²) in [5, 5.41) is 0. The van der Waals surface area contributed by atoms with Gasteiger partial charge in [-0.05, 0) is 26.8 Å². The van der Waals surface area contributed by atoms with Gasteiger partial charge in [-0.2, -0.15) is 0 Å². The standard InChI is InChI=1S/C11H26O5Si/c1-6-14-11(12-4,13-5)9-10-17(15-7-2)16-8-3/h17H,6-10H2,1-5H3. The van der Waals surface area contributed by atoms with Crippen LogP contribution in [0.5, 0.6) is 0 Å². The van der Waals surface area contributed by atoms with Gasteiger partial charge in [0.05, 0.1) is 0 Å². The summed E-state index contributed by atoms with van der Waals surface area (Å²) < 4.78 is 27.3. The van der Waals surface area contributed by atoms with Crippen LogP contribution in [0.1, 0.15) is 27.2 Å². The maximum Gasteiger partial charge on any atom is 0.321 e. The van der Waals surface area contributed by atoms with E-state index in [1.54, 1.807) is 14.2 Å². The van der Waals surface area contributed by atoms with Crippen molar-refractivity contribution >= 4 is 9.28 Å². The highest BCUT2D eigenvalue weighted by molar-refractivity contribution is 6.44. The third kappa shape index (κ3) is 6.49. The van der Waals surface area contributed by atoms with Gasteiger partial charge in [0.15, 0.2) is 0 Å². The highest BCUT2D eigenvalue weighted by atomic mass is 28.3. The molecule has 0 saturated carbocycles. The van der Waals surface area contributed by atoms with Gasteiger partial charge in [0.25, 0.3) is 5.97 Å². The van der Waals surface area contributed by atoms with Crippen LogP contribution in [0.2, 0.25) is 6.04 Å². The van der Waals surface area contributed by atoms with Gasteiger partial charge in [-0.1, -0.05) is 0 Å². The van der Waals surface area contributed by atoms with Gasteiger partial charge in [0.2, 0.25) is 0 Å². The smallest absolute Gasteiger partial charge is 0.321 e. The molecule has 0 aromatic rings. The molecule has 0 aliphatic heterocycles. The normalized spacial score (nSPS) is 12.4. The molecule has 0 spiro atoms. The number of rotatable bonds is 11. The number of hydrogen-bond donors (Lipinski definition) is 0. The molecule has 0 atom stereocenters. The number of ether oxygens (including phenoxy) is 3. The molecule has 104 valence electrons. The molecule has 17 heavy (non-hydrogen) atoms. The van der Waals surface area contributed by atoms with Gasteiger partial charge in [0.1, 0.15) is 0 Å². The summed E-state index contributed by atoms with van der Waals surface area (Å²) >= 11 is 0. The lowest BCUT2D eigenvalue weighted by molar-refractivity contribution is -0.361. The Balaban J connectivity index is 4.23. The molecule has 0 saturated heterocycles. The van der Waals surface area contributed by atoms with Crippen LogP contribution < -0.4 is 0 Å². The van der Waals surface area contributed by atoms with Crippen molar-refractivity contribution in [2.75, 3.05) is 34.0 Å². The zero-order valence-electron chi connectivity index (χ0n) is 11.7. The lowest BCUT2D eigenvalue weighted by Crippen LogP contribution is -2.39. The third-order valence-corrected chi connectivity index (χ3v) is 4.55. The van der Waals surface area contributed by atoms with E-state index in [0.29, 0.717) is 26.2 Å². The van der Waals surface area contributed by atoms with Crippen LogP contribution in [0.3, 0.4) is 0 Å². The summed E-state index contributed by atoms with van der Waals surface area (Å²) in [4.78, 5) is 0. The van der Waals surface area contributed by atoms with E-state index in [2.05, 4.69) is 0 Å². The SMILES string of the molecule is CCO[SiH](CCC(OC)(OC)OCC)OCC. The van der Waals surface area contributed by atoms with E-state index in [-0.39, 0.29) is 0 Å². The molecule has 0 radical (unpaired) electrons. The van der Waals surface area contributed by atoms with Crippen molar-refractivity contribution in [2.24, 2.45) is 0 Å². The molecule has 5 nitrogen and oxygen atoms in total. The zero-order valence-corrected chi connectivity index (χ0v) is 12.8. The van der Waals surface area contributed by atoms with Crippen LogP contribution in [-0.2, 0) is 23.1 Å². The summed E-state index contributed by atoms with van der Waals surface area (Å²) in [6, 6.07) is 0.795. The molecule has 0 aromatic heterocycles. The Morgan fingerprint density at radius 2 is 1.41 bits per heavy atom. The Kier molecular flexibility index (Phi) is 10.00. The van der Waals surface area contributed by atoms with Gasteiger partial charge in [-0.3, -0.25) is 0 Å². The Bertz CT molecular complexity index is 169. The summed E-state index contributed by atoms with van der Waals surface area (Å²) in [6.07, 6.45) is 0.616. The van der Waals surface area contributed by atoms with Crippen molar-refractivity contribution < 1.29 is 23.1 Å². The van der Waals surface area contributed by atoms with E-state index in [9.17, 15) is 0 Å². The molecule has 0 heterocycles. The van der Waals surface area contributed by atoms with E-state index in [1.807, 2.05) is 20.8 Å². The summed E-state index contributed by atoms with van der Waals surface area (Å²) in [5.41, 5.74) is 0. The van der Waals surface area contributed by atoms with Crippen LogP contribution in [0.4, 0.5) is 0 Å². The van der Waals surface area contributed by atoms with Gasteiger partial charge >= 0.3 is 9.28 Å². The molecule has 0 unspecified atom stereocenters. The molecule has 0 bridgehead atoms. The molecule has 0 amide bonds. The predicted octanol–water partition coefficient (Wildman–Crippen LogP) is 1.65. The average Bonchev–Trinajstić information content (AvgIpc) is 2.35. The monoisotopic (exact) mass is 266 g/mol. The molecule has 0 aromatic carbocycles. The van der Waals surface area contributed by atoms with Gasteiger partial charge in [-0.15, -0.1) is 0 Å². The van der Waals surface area contributed by atoms with Crippen molar-refractivity contribution in [3.8, 4) is 0 Å². The average molecular weight is 266 g/mol. The second-order valence-corrected chi connectivity index (χ2v) is 5.51. The van der Waals surface area contributed by atoms with Crippen molar-refractivity contribution in [2.45, 2.75) is 39.2 Å². The first-order valence-corrected chi connectivity index (χ1v) is 7.91. The maximum absolute atomic E-state index is 5.59. The predicted molar refractivity (Wildman–Crippen MR) is 68.2 cm³/mol. The second kappa shape index (κ2) is 9.99. The third-order valence-electron chi connectivity index (χ3n) is 2.38. The molecule has 0 aliphatic rings. The number of hydrogen-bond acceptors (Lipinski definition) is 5. The first kappa shape index (κ1) is 17.0. The molecule has 6 heteroatoms. The summed E-state index contributed by atoms with van der Waals surface area (Å²) in [7, 11) is 1.53. The molecule has 0 fully saturated rings. The quantitative estimate of drug-likeness (QED) is 0.420. The molecule has 0 N–H and O–H groups in total. The minimum absolute atomic E-state index is 0.539. The fourth-order valence-electron chi connectivity index (χ4n) is 1.58. The minimum Gasteiger partial charge on any atom is -0.397 e. The van der Waals surface area contributed by atoms with E-state index in [1.165, 1.54) is 0 Å². The number of methoxy groups -OCH3 is 2. The van der Waals surface area contributed by atoms with Gasteiger partial charge in [0, 0.05) is 40.5 Å². The molecule has 0 aliphatic carbocycles. The highest BCUT2D eigenvalue weighted by Gasteiger charge is 2.32. The Hall–Kier alpha value is 0.0169. The molecular formula is C11H26O5Si. The lowest BCUT2D eigenvalue weighted by Gasteiger charge is -2.30. The highest BCUT2D eigenvalue weighted by Crippen LogP contribution is 2.22. The Morgan fingerprint density at radius 3 is 1.76 bits per heavy atom. The summed E-state index contributed by atoms with van der Waals surface area (Å²) in [5.74, 6) is -0.964. The first-order chi connectivity index (χ1) is 8.17. The summed E-state index contributed by atoms with van der Waals surface area (Å²) in [6.45, 7) is 7.75. The maximum atomic E-state index is 5.59. The Morgan fingerprint density at radius 1 is 0.882 bits per heavy atom. The van der Waals surface area contributed by atoms with Crippen LogP contribution in [0.25, 0.3) is 0 Å². The van der Waals surface area contributed by atoms with E-state index < -0.39 is 15.3 Å². The van der Waals surface area contributed by atoms with E-state index in [0.717, 1.165) is 6.04 Å². The van der Waals surface area contributed by atoms with Crippen LogP contribution in [0.15, 0.2) is 0 Å². The van der Waals surface area contributed by atoms with Gasteiger partial charge in [-0.25, -0.2) is 0 Å². The second-order valence-electron chi connectivity index (χ2n) is 3.40. The van der Waals surface area contributed by atoms with E-state index in [4.69, 9.17) is 23.1 Å². The lowest BCUT2D eigenvalue weighted by atomic mass is 10.4. The van der Waals surface area contributed by atoms with Crippen molar-refractivity contribution in [1.82, 2.24) is 0 Å². The largest absolute Gasteiger partial charge is 0.397 e. The fraction of sp³-hybridized carbons (Fsp3) is 1.00. The van der Waals surface area contributed by atoms with E-state index >= 15 is 0 Å². The van der Waals surface area contributed by atoms with Gasteiger partial charge < -0.3 is 23.1 Å². The Labute approximate surface area is 106 Å². The van der Waals surface area contributed by atoms with Crippen LogP contribution in [-0.4, -0.2) is 49.3 Å². The molecular weight excluding hydrogens is 240 g/mol. The van der Waals surface area contributed by atoms with Crippen LogP contribution in [0, 0.1) is 0 Å². The fourth-order valence-corrected chi connectivity index (χ4v) is 3.34. The molecule has 0 rings (SSSR count). The zero-order chi connectivity index (χ0) is 13.1. The van der Waals surface area contributed by atoms with Crippen molar-refractivity contribution in [1.29, 1.82) is 0 Å². The van der Waals surface area contributed by atoms with Crippen molar-refractivity contribution in [3.63, 3.8) is 0 Å².